The monoisotopic (exact) mass is 535 g/mol. The van der Waals surface area contributed by atoms with E-state index < -0.39 is 11.7 Å². The molecule has 0 aromatic heterocycles. The van der Waals surface area contributed by atoms with Crippen molar-refractivity contribution in [2.24, 2.45) is 0 Å². The zero-order chi connectivity index (χ0) is 26.6. The lowest BCUT2D eigenvalue weighted by Gasteiger charge is -2.36. The van der Waals surface area contributed by atoms with Gasteiger partial charge in [0.2, 0.25) is 5.91 Å². The molecule has 1 fully saturated rings. The lowest BCUT2D eigenvalue weighted by Crippen LogP contribution is -2.52. The van der Waals surface area contributed by atoms with Crippen molar-refractivity contribution in [1.82, 2.24) is 14.7 Å². The van der Waals surface area contributed by atoms with Crippen molar-refractivity contribution in [2.75, 3.05) is 26.7 Å². The van der Waals surface area contributed by atoms with Crippen molar-refractivity contribution in [3.05, 3.63) is 57.6 Å². The van der Waals surface area contributed by atoms with Gasteiger partial charge in [-0.05, 0) is 64.4 Å². The maximum Gasteiger partial charge on any atom is 0.410 e. The molecule has 2 amide bonds. The van der Waals surface area contributed by atoms with E-state index in [1.165, 1.54) is 4.90 Å². The highest BCUT2D eigenvalue weighted by atomic mass is 35.5. The Balaban J connectivity index is 1.82. The van der Waals surface area contributed by atoms with Gasteiger partial charge < -0.3 is 19.3 Å². The molecule has 3 rings (SSSR count). The standard InChI is InChI=1S/C27H35Cl2N3O4/c1-18(2)32-12-11-31(17-25(32)33)15-19-7-10-24(35-21-8-9-22(28)23(29)14-21)20(13-19)16-30(6)26(34)36-27(3,4)5/h7-10,13-14,18H,11-12,15-17H2,1-6H3. The third-order valence-corrected chi connectivity index (χ3v) is 6.46. The summed E-state index contributed by atoms with van der Waals surface area (Å²) in [5.41, 5.74) is 1.23. The van der Waals surface area contributed by atoms with Crippen molar-refractivity contribution in [3.63, 3.8) is 0 Å². The van der Waals surface area contributed by atoms with Crippen LogP contribution in [0.1, 0.15) is 45.7 Å². The summed E-state index contributed by atoms with van der Waals surface area (Å²) in [6.45, 7) is 12.4. The van der Waals surface area contributed by atoms with E-state index >= 15 is 0 Å². The average molecular weight is 537 g/mol. The van der Waals surface area contributed by atoms with Gasteiger partial charge in [-0.2, -0.15) is 0 Å². The summed E-state index contributed by atoms with van der Waals surface area (Å²) in [7, 11) is 1.69. The third-order valence-electron chi connectivity index (χ3n) is 5.72. The molecule has 196 valence electrons. The molecule has 1 aliphatic rings. The predicted octanol–water partition coefficient (Wildman–Crippen LogP) is 6.21. The minimum absolute atomic E-state index is 0.140. The number of benzene rings is 2. The quantitative estimate of drug-likeness (QED) is 0.422. The van der Waals surface area contributed by atoms with E-state index in [4.69, 9.17) is 32.7 Å². The van der Waals surface area contributed by atoms with Crippen LogP contribution in [-0.4, -0.2) is 65.0 Å². The number of ether oxygens (including phenoxy) is 2. The summed E-state index contributed by atoms with van der Waals surface area (Å²) < 4.78 is 11.6. The number of piperazine rings is 1. The summed E-state index contributed by atoms with van der Waals surface area (Å²) in [6, 6.07) is 11.1. The Labute approximate surface area is 223 Å². The van der Waals surface area contributed by atoms with Gasteiger partial charge in [0.05, 0.1) is 23.1 Å². The Morgan fingerprint density at radius 2 is 1.81 bits per heavy atom. The number of amides is 2. The van der Waals surface area contributed by atoms with E-state index in [1.54, 1.807) is 25.2 Å². The van der Waals surface area contributed by atoms with E-state index in [2.05, 4.69) is 4.90 Å². The molecule has 0 N–H and O–H groups in total. The molecule has 1 heterocycles. The van der Waals surface area contributed by atoms with Crippen LogP contribution in [0.15, 0.2) is 36.4 Å². The number of hydrogen-bond acceptors (Lipinski definition) is 5. The van der Waals surface area contributed by atoms with Gasteiger partial charge in [-0.1, -0.05) is 29.3 Å². The van der Waals surface area contributed by atoms with Crippen LogP contribution in [0.4, 0.5) is 4.79 Å². The molecule has 2 aromatic rings. The molecule has 0 bridgehead atoms. The van der Waals surface area contributed by atoms with Crippen LogP contribution < -0.4 is 4.74 Å². The molecular formula is C27H35Cl2N3O4. The summed E-state index contributed by atoms with van der Waals surface area (Å²) in [4.78, 5) is 30.7. The van der Waals surface area contributed by atoms with Gasteiger partial charge in [-0.3, -0.25) is 9.69 Å². The minimum Gasteiger partial charge on any atom is -0.457 e. The molecular weight excluding hydrogens is 501 g/mol. The van der Waals surface area contributed by atoms with Crippen LogP contribution in [0.5, 0.6) is 11.5 Å². The molecule has 0 atom stereocenters. The summed E-state index contributed by atoms with van der Waals surface area (Å²) in [6.07, 6.45) is -0.427. The fourth-order valence-electron chi connectivity index (χ4n) is 3.96. The smallest absolute Gasteiger partial charge is 0.410 e. The van der Waals surface area contributed by atoms with Gasteiger partial charge in [-0.25, -0.2) is 4.79 Å². The second-order valence-electron chi connectivity index (χ2n) is 10.3. The first-order chi connectivity index (χ1) is 16.8. The van der Waals surface area contributed by atoms with Crippen molar-refractivity contribution in [1.29, 1.82) is 0 Å². The van der Waals surface area contributed by atoms with Gasteiger partial charge in [0, 0.05) is 44.4 Å². The highest BCUT2D eigenvalue weighted by Crippen LogP contribution is 2.32. The average Bonchev–Trinajstić information content (AvgIpc) is 2.76. The SMILES string of the molecule is CC(C)N1CCN(Cc2ccc(Oc3ccc(Cl)c(Cl)c3)c(CN(C)C(=O)OC(C)(C)C)c2)CC1=O. The summed E-state index contributed by atoms with van der Waals surface area (Å²) in [5.74, 6) is 1.27. The van der Waals surface area contributed by atoms with E-state index in [1.807, 2.05) is 57.7 Å². The Morgan fingerprint density at radius 3 is 2.42 bits per heavy atom. The van der Waals surface area contributed by atoms with Gasteiger partial charge in [-0.15, -0.1) is 0 Å². The van der Waals surface area contributed by atoms with Crippen molar-refractivity contribution >= 4 is 35.2 Å². The first-order valence-electron chi connectivity index (χ1n) is 12.0. The first-order valence-corrected chi connectivity index (χ1v) is 12.8. The van der Waals surface area contributed by atoms with Crippen molar-refractivity contribution in [2.45, 2.75) is 59.4 Å². The number of halogens is 2. The molecule has 36 heavy (non-hydrogen) atoms. The maximum absolute atomic E-state index is 12.6. The molecule has 1 aliphatic heterocycles. The van der Waals surface area contributed by atoms with Crippen LogP contribution in [0.25, 0.3) is 0 Å². The molecule has 2 aromatic carbocycles. The maximum atomic E-state index is 12.6. The van der Waals surface area contributed by atoms with Gasteiger partial charge >= 0.3 is 6.09 Å². The highest BCUT2D eigenvalue weighted by molar-refractivity contribution is 6.42. The number of carbonyl (C=O) groups excluding carboxylic acids is 2. The number of hydrogen-bond donors (Lipinski definition) is 0. The van der Waals surface area contributed by atoms with Crippen molar-refractivity contribution < 1.29 is 19.1 Å². The lowest BCUT2D eigenvalue weighted by molar-refractivity contribution is -0.138. The van der Waals surface area contributed by atoms with Gasteiger partial charge in [0.25, 0.3) is 0 Å². The van der Waals surface area contributed by atoms with E-state index in [-0.39, 0.29) is 18.5 Å². The molecule has 1 saturated heterocycles. The summed E-state index contributed by atoms with van der Waals surface area (Å²) in [5, 5.41) is 0.833. The second kappa shape index (κ2) is 11.7. The molecule has 0 spiro atoms. The van der Waals surface area contributed by atoms with Crippen LogP contribution >= 0.6 is 23.2 Å². The second-order valence-corrected chi connectivity index (χ2v) is 11.2. The third kappa shape index (κ3) is 7.76. The fraction of sp³-hybridized carbons (Fsp3) is 0.481. The topological polar surface area (TPSA) is 62.3 Å². The Hall–Kier alpha value is -2.48. The number of rotatable bonds is 7. The van der Waals surface area contributed by atoms with Crippen molar-refractivity contribution in [3.8, 4) is 11.5 Å². The molecule has 0 unspecified atom stereocenters. The van der Waals surface area contributed by atoms with Crippen LogP contribution in [0, 0.1) is 0 Å². The zero-order valence-corrected chi connectivity index (χ0v) is 23.3. The molecule has 0 aliphatic carbocycles. The molecule has 7 nitrogen and oxygen atoms in total. The van der Waals surface area contributed by atoms with E-state index in [0.717, 1.165) is 17.7 Å². The van der Waals surface area contributed by atoms with Crippen LogP contribution in [-0.2, 0) is 22.6 Å². The molecule has 9 heteroatoms. The summed E-state index contributed by atoms with van der Waals surface area (Å²) >= 11 is 12.2. The Bertz CT molecular complexity index is 1100. The van der Waals surface area contributed by atoms with Crippen LogP contribution in [0.2, 0.25) is 10.0 Å². The fourth-order valence-corrected chi connectivity index (χ4v) is 4.24. The number of carbonyl (C=O) groups is 2. The Morgan fingerprint density at radius 1 is 1.08 bits per heavy atom. The zero-order valence-electron chi connectivity index (χ0n) is 21.8. The number of nitrogens with zero attached hydrogens (tertiary/aromatic N) is 3. The van der Waals surface area contributed by atoms with E-state index in [9.17, 15) is 9.59 Å². The first kappa shape index (κ1) is 28.1. The lowest BCUT2D eigenvalue weighted by atomic mass is 10.1. The van der Waals surface area contributed by atoms with E-state index in [0.29, 0.717) is 41.2 Å². The van der Waals surface area contributed by atoms with Gasteiger partial charge in [0.1, 0.15) is 17.1 Å². The highest BCUT2D eigenvalue weighted by Gasteiger charge is 2.26. The predicted molar refractivity (Wildman–Crippen MR) is 143 cm³/mol. The van der Waals surface area contributed by atoms with Crippen LogP contribution in [0.3, 0.4) is 0 Å². The minimum atomic E-state index is -0.600. The Kier molecular flexibility index (Phi) is 9.14. The molecule has 0 saturated carbocycles. The normalized spacial score (nSPS) is 14.8. The van der Waals surface area contributed by atoms with Gasteiger partial charge in [0.15, 0.2) is 0 Å². The largest absolute Gasteiger partial charge is 0.457 e. The molecule has 0 radical (unpaired) electrons.